The van der Waals surface area contributed by atoms with Crippen LogP contribution in [0.5, 0.6) is 0 Å². The third-order valence-corrected chi connectivity index (χ3v) is 35.0. The Morgan fingerprint density at radius 3 is 0.923 bits per heavy atom. The summed E-state index contributed by atoms with van der Waals surface area (Å²) in [6.45, 7) is 31.2. The van der Waals surface area contributed by atoms with Gasteiger partial charge in [-0.15, -0.1) is 0 Å². The standard InChI is InChI=1S/C34H52Si5/c1-35(2,3)33(36(4,5)6)25-23-31(27-33)39(29-19-15-13-16-20-29,30-21-17-14-18-22-30)32-24-26-34(28-32,37(7,8)9)38(10,11)12/h13-28H,1-12H3. The summed E-state index contributed by atoms with van der Waals surface area (Å²) in [6.07, 6.45) is 16.3. The summed E-state index contributed by atoms with van der Waals surface area (Å²) < 4.78 is 0.489. The summed E-state index contributed by atoms with van der Waals surface area (Å²) in [6, 6.07) is 23.2. The lowest BCUT2D eigenvalue weighted by Crippen LogP contribution is -2.62. The fourth-order valence-electron chi connectivity index (χ4n) is 8.08. The van der Waals surface area contributed by atoms with Crippen molar-refractivity contribution in [3.05, 3.63) is 108 Å². The zero-order valence-corrected chi connectivity index (χ0v) is 31.7. The second-order valence-corrected chi connectivity index (χ2v) is 42.2. The van der Waals surface area contributed by atoms with Gasteiger partial charge in [0.15, 0.2) is 8.07 Å². The Bertz CT molecular complexity index is 1180. The van der Waals surface area contributed by atoms with Gasteiger partial charge in [-0.3, -0.25) is 0 Å². The maximum atomic E-state index is 2.84. The van der Waals surface area contributed by atoms with Crippen molar-refractivity contribution in [2.24, 2.45) is 0 Å². The average Bonchev–Trinajstić information content (AvgIpc) is 3.48. The number of allylic oxidation sites excluding steroid dienone is 8. The van der Waals surface area contributed by atoms with Gasteiger partial charge in [-0.25, -0.2) is 0 Å². The molecule has 5 heteroatoms. The predicted molar refractivity (Wildman–Crippen MR) is 191 cm³/mol. The van der Waals surface area contributed by atoms with Gasteiger partial charge < -0.3 is 0 Å². The predicted octanol–water partition coefficient (Wildman–Crippen LogP) is 9.23. The zero-order valence-electron chi connectivity index (χ0n) is 26.7. The van der Waals surface area contributed by atoms with E-state index >= 15 is 0 Å². The molecular formula is C34H52Si5. The molecule has 2 aromatic carbocycles. The Kier molecular flexibility index (Phi) is 7.65. The molecule has 0 heterocycles. The van der Waals surface area contributed by atoms with E-state index in [0.717, 1.165) is 0 Å². The van der Waals surface area contributed by atoms with E-state index in [4.69, 9.17) is 0 Å². The fourth-order valence-corrected chi connectivity index (χ4v) is 36.3. The molecule has 2 aliphatic carbocycles. The molecule has 0 fully saturated rings. The summed E-state index contributed by atoms with van der Waals surface area (Å²) in [5.41, 5.74) is 0. The lowest BCUT2D eigenvalue weighted by Gasteiger charge is -2.48. The average molecular weight is 601 g/mol. The maximum absolute atomic E-state index is 2.84. The Balaban J connectivity index is 2.17. The Morgan fingerprint density at radius 2 is 0.692 bits per heavy atom. The van der Waals surface area contributed by atoms with Crippen molar-refractivity contribution < 1.29 is 0 Å². The normalized spacial score (nSPS) is 19.3. The van der Waals surface area contributed by atoms with Crippen molar-refractivity contribution >= 4 is 50.7 Å². The molecule has 0 radical (unpaired) electrons. The van der Waals surface area contributed by atoms with Gasteiger partial charge in [0, 0.05) is 0 Å². The maximum Gasteiger partial charge on any atom is 0.178 e. The van der Waals surface area contributed by atoms with Crippen LogP contribution in [0.3, 0.4) is 0 Å². The van der Waals surface area contributed by atoms with Crippen molar-refractivity contribution in [3.63, 3.8) is 0 Å². The van der Waals surface area contributed by atoms with Crippen LogP contribution in [-0.2, 0) is 0 Å². The van der Waals surface area contributed by atoms with Crippen LogP contribution in [-0.4, -0.2) is 40.4 Å². The van der Waals surface area contributed by atoms with Gasteiger partial charge in [-0.05, 0) is 30.1 Å². The van der Waals surface area contributed by atoms with E-state index in [1.807, 2.05) is 0 Å². The minimum absolute atomic E-state index is 0.245. The highest BCUT2D eigenvalue weighted by Gasteiger charge is 2.57. The van der Waals surface area contributed by atoms with Crippen molar-refractivity contribution in [3.8, 4) is 0 Å². The Labute approximate surface area is 245 Å². The fraction of sp³-hybridized carbons (Fsp3) is 0.412. The summed E-state index contributed by atoms with van der Waals surface area (Å²) in [4.78, 5) is 0. The first-order chi connectivity index (χ1) is 17.8. The van der Waals surface area contributed by atoms with Crippen molar-refractivity contribution in [1.29, 1.82) is 0 Å². The molecule has 2 aromatic rings. The zero-order chi connectivity index (χ0) is 29.1. The van der Waals surface area contributed by atoms with Gasteiger partial charge in [-0.2, -0.15) is 0 Å². The highest BCUT2D eigenvalue weighted by Crippen LogP contribution is 2.57. The smallest absolute Gasteiger partial charge is 0.0800 e. The molecule has 0 spiro atoms. The van der Waals surface area contributed by atoms with E-state index in [1.54, 1.807) is 10.4 Å². The first-order valence-corrected chi connectivity index (χ1v) is 30.8. The number of hydrogen-bond acceptors (Lipinski definition) is 0. The summed E-state index contributed by atoms with van der Waals surface area (Å²) in [5.74, 6) is 0. The van der Waals surface area contributed by atoms with E-state index in [-0.39, 0.29) is 9.32 Å². The number of hydrogen-bond donors (Lipinski definition) is 0. The van der Waals surface area contributed by atoms with Crippen LogP contribution in [0.15, 0.2) is 108 Å². The molecule has 208 valence electrons. The van der Waals surface area contributed by atoms with Gasteiger partial charge in [-0.1, -0.05) is 176 Å². The molecule has 0 N–H and O–H groups in total. The van der Waals surface area contributed by atoms with E-state index in [2.05, 4.69) is 176 Å². The van der Waals surface area contributed by atoms with E-state index in [1.165, 1.54) is 10.4 Å². The molecule has 0 nitrogen and oxygen atoms in total. The number of rotatable bonds is 8. The highest BCUT2D eigenvalue weighted by atomic mass is 28.4. The van der Waals surface area contributed by atoms with Crippen molar-refractivity contribution in [2.75, 3.05) is 0 Å². The van der Waals surface area contributed by atoms with Crippen LogP contribution in [0.4, 0.5) is 0 Å². The molecule has 0 amide bonds. The lowest BCUT2D eigenvalue weighted by molar-refractivity contribution is 1.09. The molecular weight excluding hydrogens is 549 g/mol. The molecule has 0 bridgehead atoms. The van der Waals surface area contributed by atoms with Crippen LogP contribution in [0.1, 0.15) is 0 Å². The van der Waals surface area contributed by atoms with Crippen LogP contribution < -0.4 is 10.4 Å². The van der Waals surface area contributed by atoms with E-state index in [9.17, 15) is 0 Å². The quantitative estimate of drug-likeness (QED) is 0.265. The van der Waals surface area contributed by atoms with Crippen molar-refractivity contribution in [1.82, 2.24) is 0 Å². The molecule has 0 saturated heterocycles. The second kappa shape index (κ2) is 9.79. The monoisotopic (exact) mass is 600 g/mol. The molecule has 2 aliphatic rings. The molecule has 0 atom stereocenters. The van der Waals surface area contributed by atoms with Gasteiger partial charge in [0.05, 0.1) is 32.3 Å². The SMILES string of the molecule is C[Si](C)(C)C1([Si](C)(C)C)C=CC([Si](C2=CC([Si](C)(C)C)([Si](C)(C)C)C=C2)(c2ccccc2)c2ccccc2)=C1. The third-order valence-electron chi connectivity index (χ3n) is 10.1. The summed E-state index contributed by atoms with van der Waals surface area (Å²) >= 11 is 0. The van der Waals surface area contributed by atoms with E-state index in [0.29, 0.717) is 0 Å². The molecule has 4 rings (SSSR count). The lowest BCUT2D eigenvalue weighted by atomic mass is 10.4. The molecule has 0 aromatic heterocycles. The summed E-state index contributed by atoms with van der Waals surface area (Å²) in [5, 5.41) is 6.27. The van der Waals surface area contributed by atoms with Crippen LogP contribution in [0.25, 0.3) is 0 Å². The molecule has 39 heavy (non-hydrogen) atoms. The first kappa shape index (κ1) is 30.4. The second-order valence-electron chi connectivity index (χ2n) is 16.1. The number of benzene rings is 2. The Hall–Kier alpha value is -1.52. The van der Waals surface area contributed by atoms with Gasteiger partial charge in [0.25, 0.3) is 0 Å². The molecule has 0 unspecified atom stereocenters. The van der Waals surface area contributed by atoms with Crippen LogP contribution in [0, 0.1) is 0 Å². The minimum atomic E-state index is -2.54. The van der Waals surface area contributed by atoms with Gasteiger partial charge in [0.1, 0.15) is 0 Å². The summed E-state index contributed by atoms with van der Waals surface area (Å²) in [7, 11) is -8.79. The van der Waals surface area contributed by atoms with Crippen molar-refractivity contribution in [2.45, 2.75) is 87.9 Å². The minimum Gasteiger partial charge on any atom is -0.0800 e. The molecule has 0 saturated carbocycles. The largest absolute Gasteiger partial charge is 0.178 e. The van der Waals surface area contributed by atoms with Gasteiger partial charge >= 0.3 is 0 Å². The molecule has 0 aliphatic heterocycles. The first-order valence-electron chi connectivity index (χ1n) is 14.8. The van der Waals surface area contributed by atoms with Crippen LogP contribution >= 0.6 is 0 Å². The topological polar surface area (TPSA) is 0 Å². The third kappa shape index (κ3) is 4.66. The van der Waals surface area contributed by atoms with Crippen LogP contribution in [0.2, 0.25) is 87.9 Å². The van der Waals surface area contributed by atoms with Gasteiger partial charge in [0.2, 0.25) is 0 Å². The van der Waals surface area contributed by atoms with E-state index < -0.39 is 40.4 Å². The highest BCUT2D eigenvalue weighted by molar-refractivity contribution is 7.14. The Morgan fingerprint density at radius 1 is 0.410 bits per heavy atom.